The Labute approximate surface area is 149 Å². The molecule has 1 N–H and O–H groups in total. The SMILES string of the molecule is CCC(CNC(=O)/C=C/c1ccc(OC)c(OC)c1)c1ccccc1. The molecule has 2 aromatic rings. The van der Waals surface area contributed by atoms with Crippen molar-refractivity contribution in [2.45, 2.75) is 19.3 Å². The summed E-state index contributed by atoms with van der Waals surface area (Å²) in [5.74, 6) is 1.52. The minimum absolute atomic E-state index is 0.107. The maximum absolute atomic E-state index is 12.1. The molecule has 1 amide bonds. The molecule has 0 aliphatic heterocycles. The zero-order valence-corrected chi connectivity index (χ0v) is 15.0. The quantitative estimate of drug-likeness (QED) is 0.739. The zero-order valence-electron chi connectivity index (χ0n) is 15.0. The molecule has 1 atom stereocenters. The summed E-state index contributed by atoms with van der Waals surface area (Å²) in [6.07, 6.45) is 4.28. The highest BCUT2D eigenvalue weighted by Crippen LogP contribution is 2.27. The molecular formula is C21H25NO3. The van der Waals surface area contributed by atoms with E-state index in [9.17, 15) is 4.79 Å². The molecule has 0 heterocycles. The number of ether oxygens (including phenoxy) is 2. The first-order valence-electron chi connectivity index (χ1n) is 8.40. The van der Waals surface area contributed by atoms with Crippen LogP contribution in [0.3, 0.4) is 0 Å². The van der Waals surface area contributed by atoms with Crippen LogP contribution in [-0.2, 0) is 4.79 Å². The molecule has 0 saturated heterocycles. The smallest absolute Gasteiger partial charge is 0.244 e. The molecule has 25 heavy (non-hydrogen) atoms. The number of hydrogen-bond donors (Lipinski definition) is 1. The molecule has 0 aromatic heterocycles. The number of hydrogen-bond acceptors (Lipinski definition) is 3. The van der Waals surface area contributed by atoms with Crippen molar-refractivity contribution in [1.82, 2.24) is 5.32 Å². The predicted octanol–water partition coefficient (Wildman–Crippen LogP) is 4.03. The Morgan fingerprint density at radius 1 is 1.08 bits per heavy atom. The average Bonchev–Trinajstić information content (AvgIpc) is 2.67. The van der Waals surface area contributed by atoms with Crippen LogP contribution in [-0.4, -0.2) is 26.7 Å². The van der Waals surface area contributed by atoms with Crippen LogP contribution in [0.2, 0.25) is 0 Å². The Bertz CT molecular complexity index is 710. The molecular weight excluding hydrogens is 314 g/mol. The highest BCUT2D eigenvalue weighted by Gasteiger charge is 2.09. The Morgan fingerprint density at radius 2 is 1.80 bits per heavy atom. The van der Waals surface area contributed by atoms with Gasteiger partial charge in [0.25, 0.3) is 0 Å². The highest BCUT2D eigenvalue weighted by atomic mass is 16.5. The summed E-state index contributed by atoms with van der Waals surface area (Å²) in [6.45, 7) is 2.75. The van der Waals surface area contributed by atoms with Gasteiger partial charge in [0.05, 0.1) is 14.2 Å². The summed E-state index contributed by atoms with van der Waals surface area (Å²) in [7, 11) is 3.18. The van der Waals surface area contributed by atoms with Crippen molar-refractivity contribution in [1.29, 1.82) is 0 Å². The lowest BCUT2D eigenvalue weighted by molar-refractivity contribution is -0.116. The lowest BCUT2D eigenvalue weighted by Gasteiger charge is -2.15. The van der Waals surface area contributed by atoms with Crippen LogP contribution in [0, 0.1) is 0 Å². The fraction of sp³-hybridized carbons (Fsp3) is 0.286. The van der Waals surface area contributed by atoms with E-state index in [1.54, 1.807) is 26.4 Å². The van der Waals surface area contributed by atoms with Crippen molar-refractivity contribution in [3.63, 3.8) is 0 Å². The van der Waals surface area contributed by atoms with Crippen molar-refractivity contribution < 1.29 is 14.3 Å². The molecule has 4 nitrogen and oxygen atoms in total. The van der Waals surface area contributed by atoms with Crippen LogP contribution < -0.4 is 14.8 Å². The number of rotatable bonds is 8. The first-order chi connectivity index (χ1) is 12.2. The second kappa shape index (κ2) is 9.52. The number of carbonyl (C=O) groups excluding carboxylic acids is 1. The van der Waals surface area contributed by atoms with Gasteiger partial charge in [-0.3, -0.25) is 4.79 Å². The molecule has 0 spiro atoms. The normalized spacial score (nSPS) is 12.0. The van der Waals surface area contributed by atoms with Crippen LogP contribution in [0.15, 0.2) is 54.6 Å². The van der Waals surface area contributed by atoms with Gasteiger partial charge in [0.2, 0.25) is 5.91 Å². The maximum atomic E-state index is 12.1. The van der Waals surface area contributed by atoms with E-state index >= 15 is 0 Å². The van der Waals surface area contributed by atoms with Crippen molar-refractivity contribution in [2.75, 3.05) is 20.8 Å². The molecule has 132 valence electrons. The van der Waals surface area contributed by atoms with Crippen LogP contribution in [0.25, 0.3) is 6.08 Å². The summed E-state index contributed by atoms with van der Waals surface area (Å²) in [6, 6.07) is 15.8. The van der Waals surface area contributed by atoms with Crippen LogP contribution in [0.4, 0.5) is 0 Å². The first kappa shape index (κ1) is 18.6. The molecule has 0 aliphatic carbocycles. The van der Waals surface area contributed by atoms with Crippen molar-refractivity contribution in [2.24, 2.45) is 0 Å². The van der Waals surface area contributed by atoms with Crippen LogP contribution in [0.1, 0.15) is 30.4 Å². The van der Waals surface area contributed by atoms with Crippen LogP contribution >= 0.6 is 0 Å². The topological polar surface area (TPSA) is 47.6 Å². The lowest BCUT2D eigenvalue weighted by atomic mass is 9.96. The van der Waals surface area contributed by atoms with Crippen molar-refractivity contribution in [3.05, 3.63) is 65.7 Å². The summed E-state index contributed by atoms with van der Waals surface area (Å²) in [5, 5.41) is 2.97. The van der Waals surface area contributed by atoms with E-state index in [1.807, 2.05) is 36.4 Å². The van der Waals surface area contributed by atoms with Gasteiger partial charge in [0.1, 0.15) is 0 Å². The molecule has 4 heteroatoms. The van der Waals surface area contributed by atoms with Gasteiger partial charge in [-0.15, -0.1) is 0 Å². The fourth-order valence-corrected chi connectivity index (χ4v) is 2.63. The zero-order chi connectivity index (χ0) is 18.1. The van der Waals surface area contributed by atoms with E-state index in [2.05, 4.69) is 24.4 Å². The maximum Gasteiger partial charge on any atom is 0.244 e. The minimum atomic E-state index is -0.107. The van der Waals surface area contributed by atoms with E-state index in [0.717, 1.165) is 12.0 Å². The second-order valence-electron chi connectivity index (χ2n) is 5.71. The largest absolute Gasteiger partial charge is 0.493 e. The van der Waals surface area contributed by atoms with Gasteiger partial charge >= 0.3 is 0 Å². The standard InChI is InChI=1S/C21H25NO3/c1-4-17(18-8-6-5-7-9-18)15-22-21(23)13-11-16-10-12-19(24-2)20(14-16)25-3/h5-14,17H,4,15H2,1-3H3,(H,22,23)/b13-11+. The van der Waals surface area contributed by atoms with Gasteiger partial charge < -0.3 is 14.8 Å². The van der Waals surface area contributed by atoms with Crippen molar-refractivity contribution >= 4 is 12.0 Å². The Balaban J connectivity index is 1.94. The lowest BCUT2D eigenvalue weighted by Crippen LogP contribution is -2.26. The van der Waals surface area contributed by atoms with Gasteiger partial charge in [-0.25, -0.2) is 0 Å². The van der Waals surface area contributed by atoms with Gasteiger partial charge in [0.15, 0.2) is 11.5 Å². The highest BCUT2D eigenvalue weighted by molar-refractivity contribution is 5.91. The Morgan fingerprint density at radius 3 is 2.44 bits per heavy atom. The van der Waals surface area contributed by atoms with Crippen LogP contribution in [0.5, 0.6) is 11.5 Å². The van der Waals surface area contributed by atoms with Gasteiger partial charge in [-0.05, 0) is 35.8 Å². The van der Waals surface area contributed by atoms with E-state index in [4.69, 9.17) is 9.47 Å². The van der Waals surface area contributed by atoms with E-state index in [0.29, 0.717) is 24.0 Å². The number of benzene rings is 2. The van der Waals surface area contributed by atoms with E-state index in [1.165, 1.54) is 5.56 Å². The molecule has 2 rings (SSSR count). The second-order valence-corrected chi connectivity index (χ2v) is 5.71. The van der Waals surface area contributed by atoms with Gasteiger partial charge in [-0.1, -0.05) is 43.3 Å². The third-order valence-corrected chi connectivity index (χ3v) is 4.12. The molecule has 0 radical (unpaired) electrons. The molecule has 2 aromatic carbocycles. The first-order valence-corrected chi connectivity index (χ1v) is 8.40. The summed E-state index contributed by atoms with van der Waals surface area (Å²) >= 11 is 0. The molecule has 0 bridgehead atoms. The summed E-state index contributed by atoms with van der Waals surface area (Å²) in [5.41, 5.74) is 2.12. The third-order valence-electron chi connectivity index (χ3n) is 4.12. The van der Waals surface area contributed by atoms with E-state index < -0.39 is 0 Å². The molecule has 0 aliphatic rings. The van der Waals surface area contributed by atoms with Gasteiger partial charge in [0, 0.05) is 18.5 Å². The summed E-state index contributed by atoms with van der Waals surface area (Å²) in [4.78, 5) is 12.1. The molecule has 1 unspecified atom stereocenters. The molecule has 0 fully saturated rings. The van der Waals surface area contributed by atoms with Crippen molar-refractivity contribution in [3.8, 4) is 11.5 Å². The Kier molecular flexibility index (Phi) is 7.08. The number of amides is 1. The van der Waals surface area contributed by atoms with Gasteiger partial charge in [-0.2, -0.15) is 0 Å². The monoisotopic (exact) mass is 339 g/mol. The minimum Gasteiger partial charge on any atom is -0.493 e. The summed E-state index contributed by atoms with van der Waals surface area (Å²) < 4.78 is 10.5. The Hall–Kier alpha value is -2.75. The number of nitrogens with one attached hydrogen (secondary N) is 1. The number of carbonyl (C=O) groups is 1. The van der Waals surface area contributed by atoms with E-state index in [-0.39, 0.29) is 5.91 Å². The average molecular weight is 339 g/mol. The number of methoxy groups -OCH3 is 2. The fourth-order valence-electron chi connectivity index (χ4n) is 2.63. The third kappa shape index (κ3) is 5.38. The molecule has 0 saturated carbocycles. The predicted molar refractivity (Wildman–Crippen MR) is 101 cm³/mol.